The first-order valence-corrected chi connectivity index (χ1v) is 10.0. The van der Waals surface area contributed by atoms with Crippen LogP contribution >= 0.6 is 23.4 Å². The molecule has 0 bridgehead atoms. The monoisotopic (exact) mass is 414 g/mol. The van der Waals surface area contributed by atoms with E-state index in [2.05, 4.69) is 15.5 Å². The van der Waals surface area contributed by atoms with Crippen LogP contribution in [0.2, 0.25) is 5.02 Å². The summed E-state index contributed by atoms with van der Waals surface area (Å²) in [4.78, 5) is 25.3. The molecule has 0 saturated carbocycles. The number of halogens is 1. The van der Waals surface area contributed by atoms with Gasteiger partial charge >= 0.3 is 0 Å². The van der Waals surface area contributed by atoms with Crippen molar-refractivity contribution in [3.63, 3.8) is 0 Å². The van der Waals surface area contributed by atoms with Crippen molar-refractivity contribution in [3.05, 3.63) is 71.0 Å². The van der Waals surface area contributed by atoms with E-state index in [9.17, 15) is 9.59 Å². The third-order valence-corrected chi connectivity index (χ3v) is 5.16. The molecule has 1 heterocycles. The SMILES string of the molecule is CC(C)n1cnnc1SCC(=O)Nc1ccc(Cl)cc1C(=O)c1ccccc1. The zero-order chi connectivity index (χ0) is 20.1. The van der Waals surface area contributed by atoms with E-state index in [0.29, 0.717) is 27.0 Å². The average Bonchev–Trinajstić information content (AvgIpc) is 3.17. The molecule has 0 fully saturated rings. The van der Waals surface area contributed by atoms with Gasteiger partial charge in [-0.25, -0.2) is 0 Å². The normalized spacial score (nSPS) is 10.9. The van der Waals surface area contributed by atoms with Crippen LogP contribution in [-0.4, -0.2) is 32.2 Å². The number of ketones is 1. The summed E-state index contributed by atoms with van der Waals surface area (Å²) in [7, 11) is 0. The molecule has 1 aromatic heterocycles. The van der Waals surface area contributed by atoms with Gasteiger partial charge in [-0.3, -0.25) is 9.59 Å². The Morgan fingerprint density at radius 3 is 2.64 bits per heavy atom. The number of nitrogens with zero attached hydrogens (tertiary/aromatic N) is 3. The molecule has 2 aromatic carbocycles. The third-order valence-electron chi connectivity index (χ3n) is 3.97. The van der Waals surface area contributed by atoms with Gasteiger partial charge in [0.15, 0.2) is 10.9 Å². The molecule has 0 atom stereocenters. The van der Waals surface area contributed by atoms with Crippen molar-refractivity contribution in [3.8, 4) is 0 Å². The summed E-state index contributed by atoms with van der Waals surface area (Å²) < 4.78 is 1.89. The van der Waals surface area contributed by atoms with E-state index in [4.69, 9.17) is 11.6 Å². The summed E-state index contributed by atoms with van der Waals surface area (Å²) in [6, 6.07) is 13.9. The minimum absolute atomic E-state index is 0.146. The molecule has 144 valence electrons. The quantitative estimate of drug-likeness (QED) is 0.455. The lowest BCUT2D eigenvalue weighted by atomic mass is 10.0. The topological polar surface area (TPSA) is 76.9 Å². The maximum absolute atomic E-state index is 12.8. The van der Waals surface area contributed by atoms with Crippen molar-refractivity contribution < 1.29 is 9.59 Å². The highest BCUT2D eigenvalue weighted by Gasteiger charge is 2.17. The van der Waals surface area contributed by atoms with Gasteiger partial charge < -0.3 is 9.88 Å². The second kappa shape index (κ2) is 9.03. The Morgan fingerprint density at radius 2 is 1.93 bits per heavy atom. The number of amides is 1. The molecular weight excluding hydrogens is 396 g/mol. The van der Waals surface area contributed by atoms with Crippen LogP contribution in [0.4, 0.5) is 5.69 Å². The van der Waals surface area contributed by atoms with Crippen LogP contribution in [0.5, 0.6) is 0 Å². The maximum Gasteiger partial charge on any atom is 0.234 e. The van der Waals surface area contributed by atoms with Crippen LogP contribution in [0.15, 0.2) is 60.0 Å². The van der Waals surface area contributed by atoms with Gasteiger partial charge in [0.25, 0.3) is 0 Å². The number of benzene rings is 2. The molecule has 0 unspecified atom stereocenters. The molecule has 0 spiro atoms. The van der Waals surface area contributed by atoms with Crippen molar-refractivity contribution in [2.24, 2.45) is 0 Å². The zero-order valence-corrected chi connectivity index (χ0v) is 17.0. The maximum atomic E-state index is 12.8. The molecule has 0 radical (unpaired) electrons. The molecule has 1 N–H and O–H groups in total. The highest BCUT2D eigenvalue weighted by atomic mass is 35.5. The number of anilines is 1. The van der Waals surface area contributed by atoms with E-state index >= 15 is 0 Å². The summed E-state index contributed by atoms with van der Waals surface area (Å²) in [6.07, 6.45) is 1.64. The fourth-order valence-corrected chi connectivity index (χ4v) is 3.58. The summed E-state index contributed by atoms with van der Waals surface area (Å²) in [5, 5.41) is 11.8. The van der Waals surface area contributed by atoms with Gasteiger partial charge in [-0.15, -0.1) is 10.2 Å². The summed E-state index contributed by atoms with van der Waals surface area (Å²) >= 11 is 7.36. The highest BCUT2D eigenvalue weighted by molar-refractivity contribution is 7.99. The van der Waals surface area contributed by atoms with Crippen molar-refractivity contribution in [1.29, 1.82) is 0 Å². The highest BCUT2D eigenvalue weighted by Crippen LogP contribution is 2.25. The number of rotatable bonds is 7. The Bertz CT molecular complexity index is 989. The number of hydrogen-bond acceptors (Lipinski definition) is 5. The van der Waals surface area contributed by atoms with Crippen LogP contribution in [-0.2, 0) is 4.79 Å². The smallest absolute Gasteiger partial charge is 0.234 e. The lowest BCUT2D eigenvalue weighted by Crippen LogP contribution is -2.17. The fourth-order valence-electron chi connectivity index (χ4n) is 2.56. The molecule has 1 amide bonds. The minimum Gasteiger partial charge on any atom is -0.325 e. The Labute approximate surface area is 172 Å². The summed E-state index contributed by atoms with van der Waals surface area (Å²) in [6.45, 7) is 4.03. The van der Waals surface area contributed by atoms with Gasteiger partial charge in [0, 0.05) is 22.2 Å². The van der Waals surface area contributed by atoms with Crippen LogP contribution in [0.3, 0.4) is 0 Å². The zero-order valence-electron chi connectivity index (χ0n) is 15.4. The number of nitrogens with one attached hydrogen (secondary N) is 1. The van der Waals surface area contributed by atoms with Gasteiger partial charge in [0.2, 0.25) is 5.91 Å². The minimum atomic E-state index is -0.243. The summed E-state index contributed by atoms with van der Waals surface area (Å²) in [5.41, 5.74) is 1.30. The van der Waals surface area contributed by atoms with Crippen LogP contribution < -0.4 is 5.32 Å². The number of thioether (sulfide) groups is 1. The Morgan fingerprint density at radius 1 is 1.18 bits per heavy atom. The van der Waals surface area contributed by atoms with Gasteiger partial charge in [-0.05, 0) is 32.0 Å². The van der Waals surface area contributed by atoms with E-state index < -0.39 is 0 Å². The second-order valence-electron chi connectivity index (χ2n) is 6.34. The third kappa shape index (κ3) is 4.79. The Hall–Kier alpha value is -2.64. The molecule has 8 heteroatoms. The molecule has 0 aliphatic rings. The van der Waals surface area contributed by atoms with Gasteiger partial charge in [-0.1, -0.05) is 53.7 Å². The van der Waals surface area contributed by atoms with E-state index in [0.717, 1.165) is 0 Å². The molecule has 3 rings (SSSR count). The second-order valence-corrected chi connectivity index (χ2v) is 7.72. The first kappa shape index (κ1) is 20.1. The van der Waals surface area contributed by atoms with E-state index in [1.54, 1.807) is 48.8 Å². The molecule has 6 nitrogen and oxygen atoms in total. The predicted molar refractivity (Wildman–Crippen MR) is 111 cm³/mol. The van der Waals surface area contributed by atoms with Crippen LogP contribution in [0, 0.1) is 0 Å². The first-order chi connectivity index (χ1) is 13.5. The largest absolute Gasteiger partial charge is 0.325 e. The van der Waals surface area contributed by atoms with E-state index in [1.165, 1.54) is 11.8 Å². The van der Waals surface area contributed by atoms with Crippen molar-refractivity contribution in [1.82, 2.24) is 14.8 Å². The predicted octanol–water partition coefficient (Wildman–Crippen LogP) is 4.47. The average molecular weight is 415 g/mol. The number of hydrogen-bond donors (Lipinski definition) is 1. The molecule has 0 aliphatic heterocycles. The Balaban J connectivity index is 1.74. The molecule has 0 aliphatic carbocycles. The van der Waals surface area contributed by atoms with Gasteiger partial charge in [0.1, 0.15) is 6.33 Å². The van der Waals surface area contributed by atoms with E-state index in [-0.39, 0.29) is 23.5 Å². The number of carbonyl (C=O) groups is 2. The standard InChI is InChI=1S/C20H19ClN4O2S/c1-13(2)25-12-22-24-20(25)28-11-18(26)23-17-9-8-15(21)10-16(17)19(27)14-6-4-3-5-7-14/h3-10,12-13H,11H2,1-2H3,(H,23,26). The fraction of sp³-hybridized carbons (Fsp3) is 0.200. The molecular formula is C20H19ClN4O2S. The van der Waals surface area contributed by atoms with Crippen molar-refractivity contribution in [2.45, 2.75) is 25.0 Å². The Kier molecular flexibility index (Phi) is 6.49. The lowest BCUT2D eigenvalue weighted by Gasteiger charge is -2.12. The van der Waals surface area contributed by atoms with Gasteiger partial charge in [-0.2, -0.15) is 0 Å². The van der Waals surface area contributed by atoms with Crippen molar-refractivity contribution >= 4 is 40.7 Å². The first-order valence-electron chi connectivity index (χ1n) is 8.67. The van der Waals surface area contributed by atoms with E-state index in [1.807, 2.05) is 24.5 Å². The molecule has 3 aromatic rings. The molecule has 28 heavy (non-hydrogen) atoms. The lowest BCUT2D eigenvalue weighted by molar-refractivity contribution is -0.113. The molecule has 0 saturated heterocycles. The van der Waals surface area contributed by atoms with Crippen molar-refractivity contribution in [2.75, 3.05) is 11.1 Å². The summed E-state index contributed by atoms with van der Waals surface area (Å²) in [5.74, 6) is -0.300. The van der Waals surface area contributed by atoms with Crippen LogP contribution in [0.25, 0.3) is 0 Å². The van der Waals surface area contributed by atoms with Crippen LogP contribution in [0.1, 0.15) is 35.8 Å². The van der Waals surface area contributed by atoms with Gasteiger partial charge in [0.05, 0.1) is 11.4 Å². The number of carbonyl (C=O) groups excluding carboxylic acids is 2. The number of aromatic nitrogens is 3.